The monoisotopic (exact) mass is 278 g/mol. The highest BCUT2D eigenvalue weighted by atomic mass is 19.1. The van der Waals surface area contributed by atoms with Crippen LogP contribution in [-0.2, 0) is 0 Å². The maximum Gasteiger partial charge on any atom is 0.335 e. The molecule has 1 unspecified atom stereocenters. The molecule has 0 spiro atoms. The van der Waals surface area contributed by atoms with Gasteiger partial charge in [-0.3, -0.25) is 0 Å². The van der Waals surface area contributed by atoms with Crippen molar-refractivity contribution >= 4 is 5.97 Å². The minimum absolute atomic E-state index is 0.00567. The van der Waals surface area contributed by atoms with Crippen LogP contribution in [0.25, 0.3) is 0 Å². The normalized spacial score (nSPS) is 18.9. The number of aromatic carboxylic acids is 1. The lowest BCUT2D eigenvalue weighted by atomic mass is 9.83. The number of hydrogen-bond acceptors (Lipinski definition) is 2. The van der Waals surface area contributed by atoms with Crippen molar-refractivity contribution in [3.05, 3.63) is 41.7 Å². The molecular formula is C16H19FO3. The first-order chi connectivity index (χ1) is 9.40. The van der Waals surface area contributed by atoms with Crippen molar-refractivity contribution in [3.63, 3.8) is 0 Å². The number of carboxylic acids is 1. The Morgan fingerprint density at radius 1 is 1.45 bits per heavy atom. The summed E-state index contributed by atoms with van der Waals surface area (Å²) in [5, 5.41) is 8.96. The number of allylic oxidation sites excluding steroid dienone is 1. The fourth-order valence-corrected chi connectivity index (χ4v) is 2.47. The van der Waals surface area contributed by atoms with Gasteiger partial charge in [0.25, 0.3) is 0 Å². The zero-order chi connectivity index (χ0) is 14.8. The summed E-state index contributed by atoms with van der Waals surface area (Å²) in [4.78, 5) is 10.9. The van der Waals surface area contributed by atoms with Gasteiger partial charge >= 0.3 is 5.97 Å². The van der Waals surface area contributed by atoms with Crippen LogP contribution >= 0.6 is 0 Å². The Bertz CT molecular complexity index is 535. The lowest BCUT2D eigenvalue weighted by molar-refractivity contribution is 0.0531. The average Bonchev–Trinajstić information content (AvgIpc) is 2.42. The molecule has 1 aliphatic carbocycles. The number of hydrogen-bond donors (Lipinski definition) is 1. The Balaban J connectivity index is 2.23. The predicted molar refractivity (Wildman–Crippen MR) is 74.5 cm³/mol. The first-order valence-electron chi connectivity index (χ1n) is 6.78. The van der Waals surface area contributed by atoms with Gasteiger partial charge in [0.05, 0.1) is 5.56 Å². The molecule has 1 atom stereocenters. The third-order valence-corrected chi connectivity index (χ3v) is 3.70. The second-order valence-corrected chi connectivity index (χ2v) is 5.62. The summed E-state index contributed by atoms with van der Waals surface area (Å²) in [5.41, 5.74) is -0.550. The Kier molecular flexibility index (Phi) is 4.12. The maximum atomic E-state index is 13.8. The molecule has 1 N–H and O–H groups in total. The third kappa shape index (κ3) is 3.18. The van der Waals surface area contributed by atoms with Crippen molar-refractivity contribution in [3.8, 4) is 5.75 Å². The van der Waals surface area contributed by atoms with E-state index in [1.807, 2.05) is 13.8 Å². The van der Waals surface area contributed by atoms with Gasteiger partial charge in [-0.15, -0.1) is 0 Å². The first-order valence-corrected chi connectivity index (χ1v) is 6.78. The highest BCUT2D eigenvalue weighted by Gasteiger charge is 2.31. The van der Waals surface area contributed by atoms with Crippen molar-refractivity contribution in [1.82, 2.24) is 0 Å². The van der Waals surface area contributed by atoms with E-state index >= 15 is 0 Å². The van der Waals surface area contributed by atoms with E-state index in [0.29, 0.717) is 0 Å². The Labute approximate surface area is 118 Å². The van der Waals surface area contributed by atoms with Gasteiger partial charge < -0.3 is 9.84 Å². The molecular weight excluding hydrogens is 259 g/mol. The largest absolute Gasteiger partial charge is 0.484 e. The highest BCUT2D eigenvalue weighted by molar-refractivity contribution is 5.88. The van der Waals surface area contributed by atoms with Gasteiger partial charge in [0, 0.05) is 5.92 Å². The molecule has 0 radical (unpaired) electrons. The minimum Gasteiger partial charge on any atom is -0.484 e. The van der Waals surface area contributed by atoms with Crippen LogP contribution in [0.5, 0.6) is 5.75 Å². The summed E-state index contributed by atoms with van der Waals surface area (Å²) < 4.78 is 19.6. The van der Waals surface area contributed by atoms with Gasteiger partial charge in [-0.25, -0.2) is 9.18 Å². The molecule has 4 heteroatoms. The van der Waals surface area contributed by atoms with Crippen LogP contribution in [0.3, 0.4) is 0 Å². The van der Waals surface area contributed by atoms with Gasteiger partial charge in [-0.2, -0.15) is 0 Å². The van der Waals surface area contributed by atoms with Crippen molar-refractivity contribution in [2.75, 3.05) is 0 Å². The number of ether oxygens (including phenoxy) is 1. The summed E-state index contributed by atoms with van der Waals surface area (Å²) in [6.07, 6.45) is 7.36. The minimum atomic E-state index is -1.09. The quantitative estimate of drug-likeness (QED) is 0.845. The topological polar surface area (TPSA) is 46.5 Å². The molecule has 1 aliphatic rings. The van der Waals surface area contributed by atoms with E-state index in [0.717, 1.165) is 25.3 Å². The molecule has 3 nitrogen and oxygen atoms in total. The van der Waals surface area contributed by atoms with Crippen LogP contribution in [-0.4, -0.2) is 16.7 Å². The molecule has 0 saturated heterocycles. The van der Waals surface area contributed by atoms with Gasteiger partial charge in [-0.05, 0) is 51.3 Å². The number of carboxylic acid groups (broad SMARTS) is 1. The highest BCUT2D eigenvalue weighted by Crippen LogP contribution is 2.33. The van der Waals surface area contributed by atoms with Crippen molar-refractivity contribution in [1.29, 1.82) is 0 Å². The summed E-state index contributed by atoms with van der Waals surface area (Å²) in [7, 11) is 0. The molecule has 0 fully saturated rings. The van der Waals surface area contributed by atoms with E-state index < -0.39 is 17.4 Å². The molecule has 20 heavy (non-hydrogen) atoms. The summed E-state index contributed by atoms with van der Waals surface area (Å²) in [6, 6.07) is 3.61. The predicted octanol–water partition coefficient (Wildman–Crippen LogP) is 4.04. The molecule has 0 amide bonds. The Hall–Kier alpha value is -1.84. The van der Waals surface area contributed by atoms with Crippen LogP contribution in [0.15, 0.2) is 30.4 Å². The Morgan fingerprint density at radius 2 is 2.20 bits per heavy atom. The Morgan fingerprint density at radius 3 is 2.80 bits per heavy atom. The molecule has 0 aliphatic heterocycles. The van der Waals surface area contributed by atoms with E-state index in [1.54, 1.807) is 0 Å². The van der Waals surface area contributed by atoms with E-state index in [-0.39, 0.29) is 17.2 Å². The second kappa shape index (κ2) is 5.65. The molecule has 1 aromatic rings. The molecule has 0 heterocycles. The zero-order valence-electron chi connectivity index (χ0n) is 11.7. The van der Waals surface area contributed by atoms with Crippen LogP contribution in [0, 0.1) is 11.7 Å². The molecule has 0 bridgehead atoms. The standard InChI is InChI=1S/C16H19FO3/c1-16(2,12-6-4-3-5-7-12)20-14-10-11(15(18)19)8-9-13(14)17/h4,6,8-10,12H,3,5,7H2,1-2H3,(H,18,19). The van der Waals surface area contributed by atoms with Crippen LogP contribution < -0.4 is 4.74 Å². The number of benzene rings is 1. The smallest absolute Gasteiger partial charge is 0.335 e. The zero-order valence-corrected chi connectivity index (χ0v) is 11.7. The van der Waals surface area contributed by atoms with E-state index in [4.69, 9.17) is 9.84 Å². The van der Waals surface area contributed by atoms with Gasteiger partial charge in [0.15, 0.2) is 11.6 Å². The van der Waals surface area contributed by atoms with Crippen LogP contribution in [0.2, 0.25) is 0 Å². The average molecular weight is 278 g/mol. The molecule has 0 saturated carbocycles. The van der Waals surface area contributed by atoms with Gasteiger partial charge in [0.1, 0.15) is 5.60 Å². The van der Waals surface area contributed by atoms with E-state index in [2.05, 4.69) is 12.2 Å². The molecule has 2 rings (SSSR count). The number of halogens is 1. The second-order valence-electron chi connectivity index (χ2n) is 5.62. The summed E-state index contributed by atoms with van der Waals surface area (Å²) in [6.45, 7) is 3.81. The first kappa shape index (κ1) is 14.6. The summed E-state index contributed by atoms with van der Waals surface area (Å²) >= 11 is 0. The fourth-order valence-electron chi connectivity index (χ4n) is 2.47. The third-order valence-electron chi connectivity index (χ3n) is 3.70. The number of carbonyl (C=O) groups is 1. The van der Waals surface area contributed by atoms with E-state index in [1.165, 1.54) is 12.1 Å². The lowest BCUT2D eigenvalue weighted by Gasteiger charge is -2.35. The summed E-state index contributed by atoms with van der Waals surface area (Å²) in [5.74, 6) is -1.44. The van der Waals surface area contributed by atoms with Gasteiger partial charge in [0.2, 0.25) is 0 Å². The lowest BCUT2D eigenvalue weighted by Crippen LogP contribution is -2.37. The van der Waals surface area contributed by atoms with Crippen molar-refractivity contribution in [2.45, 2.75) is 38.7 Å². The molecule has 0 aromatic heterocycles. The van der Waals surface area contributed by atoms with Crippen LogP contribution in [0.1, 0.15) is 43.5 Å². The van der Waals surface area contributed by atoms with Crippen molar-refractivity contribution in [2.24, 2.45) is 5.92 Å². The molecule has 1 aromatic carbocycles. The maximum absolute atomic E-state index is 13.8. The SMILES string of the molecule is CC(C)(Oc1cc(C(=O)O)ccc1F)C1C=CCCC1. The van der Waals surface area contributed by atoms with Crippen LogP contribution in [0.4, 0.5) is 4.39 Å². The fraction of sp³-hybridized carbons (Fsp3) is 0.438. The van der Waals surface area contributed by atoms with E-state index in [9.17, 15) is 9.18 Å². The number of rotatable bonds is 4. The van der Waals surface area contributed by atoms with Gasteiger partial charge in [-0.1, -0.05) is 12.2 Å². The van der Waals surface area contributed by atoms with Crippen molar-refractivity contribution < 1.29 is 19.0 Å². The molecule has 108 valence electrons.